The van der Waals surface area contributed by atoms with Crippen molar-refractivity contribution in [3.05, 3.63) is 59.7 Å². The van der Waals surface area contributed by atoms with E-state index in [-0.39, 0.29) is 22.3 Å². The number of ether oxygens (including phenoxy) is 1. The first-order valence-corrected chi connectivity index (χ1v) is 11.3. The van der Waals surface area contributed by atoms with E-state index < -0.39 is 11.7 Å². The lowest BCUT2D eigenvalue weighted by molar-refractivity contribution is -0.139. The fraction of sp³-hybridized carbons (Fsp3) is 0.333. The van der Waals surface area contributed by atoms with E-state index in [9.17, 15) is 22.8 Å². The highest BCUT2D eigenvalue weighted by Crippen LogP contribution is 2.42. The van der Waals surface area contributed by atoms with E-state index in [1.165, 1.54) is 25.1 Å². The van der Waals surface area contributed by atoms with Crippen molar-refractivity contribution < 1.29 is 27.5 Å². The molecule has 0 aliphatic carbocycles. The Morgan fingerprint density at radius 2 is 1.70 bits per heavy atom. The number of benzene rings is 2. The third kappa shape index (κ3) is 6.54. The van der Waals surface area contributed by atoms with Crippen LogP contribution in [-0.4, -0.2) is 54.4 Å². The van der Waals surface area contributed by atoms with Gasteiger partial charge in [0.1, 0.15) is 5.75 Å². The molecule has 1 fully saturated rings. The largest absolute Gasteiger partial charge is 0.493 e. The molecule has 0 bridgehead atoms. The number of rotatable bonds is 6. The van der Waals surface area contributed by atoms with E-state index in [0.717, 1.165) is 17.8 Å². The number of hydrogen-bond acceptors (Lipinski definition) is 4. The Labute approximate surface area is 195 Å². The van der Waals surface area contributed by atoms with Crippen LogP contribution in [-0.2, 0) is 15.8 Å². The van der Waals surface area contributed by atoms with Gasteiger partial charge in [0.15, 0.2) is 0 Å². The van der Waals surface area contributed by atoms with Gasteiger partial charge in [0.05, 0.1) is 17.1 Å². The second kappa shape index (κ2) is 10.8. The van der Waals surface area contributed by atoms with Crippen LogP contribution in [0.4, 0.5) is 13.2 Å². The van der Waals surface area contributed by atoms with Crippen molar-refractivity contribution >= 4 is 29.7 Å². The number of hydrogen-bond donors (Lipinski definition) is 0. The first-order valence-electron chi connectivity index (χ1n) is 10.5. The smallest absolute Gasteiger partial charge is 0.417 e. The molecule has 0 unspecified atom stereocenters. The standard InChI is InChI=1S/C24H25F3N2O3S/c1-3-32-20-6-4-5-7-22(20)33-21-10-8-18(16-19(21)24(25,26)27)9-11-23(31)29-14-12-28(13-15-29)17(2)30/h4-11,16H,3,12-15H2,1-2H3/b11-9-. The van der Waals surface area contributed by atoms with Crippen LogP contribution in [0.2, 0.25) is 0 Å². The van der Waals surface area contributed by atoms with Crippen LogP contribution >= 0.6 is 11.8 Å². The molecule has 0 atom stereocenters. The van der Waals surface area contributed by atoms with Gasteiger partial charge in [-0.25, -0.2) is 0 Å². The van der Waals surface area contributed by atoms with Crippen molar-refractivity contribution in [1.29, 1.82) is 0 Å². The summed E-state index contributed by atoms with van der Waals surface area (Å²) in [5.74, 6) is 0.188. The summed E-state index contributed by atoms with van der Waals surface area (Å²) in [7, 11) is 0. The van der Waals surface area contributed by atoms with Gasteiger partial charge in [0, 0.05) is 44.1 Å². The Morgan fingerprint density at radius 1 is 1.03 bits per heavy atom. The van der Waals surface area contributed by atoms with Gasteiger partial charge in [-0.15, -0.1) is 0 Å². The van der Waals surface area contributed by atoms with Gasteiger partial charge < -0.3 is 14.5 Å². The topological polar surface area (TPSA) is 49.9 Å². The molecule has 5 nitrogen and oxygen atoms in total. The summed E-state index contributed by atoms with van der Waals surface area (Å²) in [6.45, 7) is 5.38. The minimum atomic E-state index is -4.56. The molecule has 3 rings (SSSR count). The van der Waals surface area contributed by atoms with Crippen LogP contribution in [0.1, 0.15) is 25.0 Å². The lowest BCUT2D eigenvalue weighted by Gasteiger charge is -2.33. The Morgan fingerprint density at radius 3 is 2.33 bits per heavy atom. The Balaban J connectivity index is 1.77. The maximum Gasteiger partial charge on any atom is 0.417 e. The predicted molar refractivity (Wildman–Crippen MR) is 121 cm³/mol. The van der Waals surface area contributed by atoms with E-state index in [2.05, 4.69) is 0 Å². The molecule has 1 aliphatic heterocycles. The number of para-hydroxylation sites is 1. The molecule has 2 aromatic carbocycles. The highest BCUT2D eigenvalue weighted by Gasteiger charge is 2.34. The average molecular weight is 479 g/mol. The van der Waals surface area contributed by atoms with Gasteiger partial charge >= 0.3 is 6.18 Å². The van der Waals surface area contributed by atoms with Crippen LogP contribution in [0.5, 0.6) is 5.75 Å². The average Bonchev–Trinajstić information content (AvgIpc) is 2.79. The Hall–Kier alpha value is -2.94. The second-order valence-corrected chi connectivity index (χ2v) is 8.48. The molecule has 0 saturated carbocycles. The van der Waals surface area contributed by atoms with Gasteiger partial charge in [-0.05, 0) is 42.8 Å². The van der Waals surface area contributed by atoms with Crippen LogP contribution < -0.4 is 4.74 Å². The van der Waals surface area contributed by atoms with Crippen molar-refractivity contribution in [3.63, 3.8) is 0 Å². The molecule has 0 spiro atoms. The number of carbonyl (C=O) groups is 2. The zero-order chi connectivity index (χ0) is 24.0. The molecular weight excluding hydrogens is 453 g/mol. The molecule has 2 amide bonds. The number of amides is 2. The third-order valence-corrected chi connectivity index (χ3v) is 6.27. The SMILES string of the molecule is CCOc1ccccc1Sc1ccc(/C=C\C(=O)N2CCN(C(C)=O)CC2)cc1C(F)(F)F. The molecular formula is C24H25F3N2O3S. The Kier molecular flexibility index (Phi) is 8.07. The summed E-state index contributed by atoms with van der Waals surface area (Å²) in [6, 6.07) is 11.0. The molecule has 1 saturated heterocycles. The van der Waals surface area contributed by atoms with Crippen molar-refractivity contribution in [2.24, 2.45) is 0 Å². The van der Waals surface area contributed by atoms with E-state index in [4.69, 9.17) is 4.74 Å². The minimum absolute atomic E-state index is 0.0424. The van der Waals surface area contributed by atoms with E-state index >= 15 is 0 Å². The lowest BCUT2D eigenvalue weighted by atomic mass is 10.1. The van der Waals surface area contributed by atoms with Crippen molar-refractivity contribution in [3.8, 4) is 5.75 Å². The van der Waals surface area contributed by atoms with Crippen molar-refractivity contribution in [1.82, 2.24) is 9.80 Å². The number of carbonyl (C=O) groups excluding carboxylic acids is 2. The fourth-order valence-corrected chi connectivity index (χ4v) is 4.44. The zero-order valence-electron chi connectivity index (χ0n) is 18.4. The van der Waals surface area contributed by atoms with Gasteiger partial charge in [0.25, 0.3) is 0 Å². The summed E-state index contributed by atoms with van der Waals surface area (Å²) in [4.78, 5) is 27.7. The van der Waals surface area contributed by atoms with Crippen LogP contribution in [0.15, 0.2) is 58.3 Å². The van der Waals surface area contributed by atoms with Gasteiger partial charge in [-0.3, -0.25) is 9.59 Å². The van der Waals surface area contributed by atoms with E-state index in [0.29, 0.717) is 43.4 Å². The summed E-state index contributed by atoms with van der Waals surface area (Å²) < 4.78 is 46.9. The quantitative estimate of drug-likeness (QED) is 0.551. The molecule has 0 aromatic heterocycles. The summed E-state index contributed by atoms with van der Waals surface area (Å²) in [5.41, 5.74) is -0.496. The third-order valence-electron chi connectivity index (χ3n) is 5.13. The first-order chi connectivity index (χ1) is 15.7. The summed E-state index contributed by atoms with van der Waals surface area (Å²) in [6.07, 6.45) is -1.90. The van der Waals surface area contributed by atoms with Gasteiger partial charge in [0.2, 0.25) is 11.8 Å². The molecule has 9 heteroatoms. The minimum Gasteiger partial charge on any atom is -0.493 e. The zero-order valence-corrected chi connectivity index (χ0v) is 19.2. The molecule has 33 heavy (non-hydrogen) atoms. The fourth-order valence-electron chi connectivity index (χ4n) is 3.40. The molecule has 2 aromatic rings. The monoisotopic (exact) mass is 478 g/mol. The van der Waals surface area contributed by atoms with E-state index in [1.807, 2.05) is 6.92 Å². The van der Waals surface area contributed by atoms with E-state index in [1.54, 1.807) is 40.1 Å². The summed E-state index contributed by atoms with van der Waals surface area (Å²) in [5, 5.41) is 0. The Bertz CT molecular complexity index is 1030. The second-order valence-electron chi connectivity index (χ2n) is 7.40. The van der Waals surface area contributed by atoms with Gasteiger partial charge in [-0.1, -0.05) is 30.0 Å². The molecule has 1 heterocycles. The number of halogens is 3. The van der Waals surface area contributed by atoms with Gasteiger partial charge in [-0.2, -0.15) is 13.2 Å². The highest BCUT2D eigenvalue weighted by atomic mass is 32.2. The maximum atomic E-state index is 13.8. The highest BCUT2D eigenvalue weighted by molar-refractivity contribution is 7.99. The number of alkyl halides is 3. The summed E-state index contributed by atoms with van der Waals surface area (Å²) >= 11 is 0.990. The number of piperazine rings is 1. The van der Waals surface area contributed by atoms with Crippen LogP contribution in [0, 0.1) is 0 Å². The van der Waals surface area contributed by atoms with Crippen LogP contribution in [0.3, 0.4) is 0 Å². The molecule has 176 valence electrons. The lowest BCUT2D eigenvalue weighted by Crippen LogP contribution is -2.49. The van der Waals surface area contributed by atoms with Crippen molar-refractivity contribution in [2.75, 3.05) is 32.8 Å². The first kappa shape index (κ1) is 24.7. The molecule has 1 aliphatic rings. The van der Waals surface area contributed by atoms with Crippen molar-refractivity contribution in [2.45, 2.75) is 29.8 Å². The maximum absolute atomic E-state index is 13.8. The number of nitrogens with zero attached hydrogens (tertiary/aromatic N) is 2. The molecule has 0 radical (unpaired) electrons. The normalized spacial score (nSPS) is 14.6. The predicted octanol–water partition coefficient (Wildman–Crippen LogP) is 4.96. The molecule has 0 N–H and O–H groups in total. The van der Waals surface area contributed by atoms with Crippen LogP contribution in [0.25, 0.3) is 6.08 Å².